The standard InChI is InChI=1S/C20H30N2O2/c1-5-22(6-2)20(24)17-12-10-16(11-13-17)19(23)21-18-14(3)8-7-9-15(18)4/h7-9,16-17H,5-6,10-13H2,1-4H3,(H,21,23). The zero-order chi connectivity index (χ0) is 17.7. The second-order valence-electron chi connectivity index (χ2n) is 6.82. The summed E-state index contributed by atoms with van der Waals surface area (Å²) in [6, 6.07) is 6.04. The third-order valence-electron chi connectivity index (χ3n) is 5.25. The van der Waals surface area contributed by atoms with Crippen LogP contribution in [0, 0.1) is 25.7 Å². The Kier molecular flexibility index (Phi) is 6.41. The summed E-state index contributed by atoms with van der Waals surface area (Å²) in [5, 5.41) is 3.10. The van der Waals surface area contributed by atoms with Crippen LogP contribution >= 0.6 is 0 Å². The van der Waals surface area contributed by atoms with Crippen LogP contribution in [0.1, 0.15) is 50.7 Å². The lowest BCUT2D eigenvalue weighted by Crippen LogP contribution is -2.38. The molecule has 0 saturated heterocycles. The first-order chi connectivity index (χ1) is 11.5. The van der Waals surface area contributed by atoms with E-state index >= 15 is 0 Å². The molecule has 4 heteroatoms. The summed E-state index contributed by atoms with van der Waals surface area (Å²) >= 11 is 0. The number of anilines is 1. The molecule has 1 aromatic rings. The molecule has 1 aromatic carbocycles. The van der Waals surface area contributed by atoms with Crippen molar-refractivity contribution in [3.8, 4) is 0 Å². The van der Waals surface area contributed by atoms with E-state index in [0.29, 0.717) is 0 Å². The van der Waals surface area contributed by atoms with Crippen molar-refractivity contribution in [2.45, 2.75) is 53.4 Å². The van der Waals surface area contributed by atoms with Gasteiger partial charge in [0.05, 0.1) is 0 Å². The summed E-state index contributed by atoms with van der Waals surface area (Å²) in [6.45, 7) is 9.60. The minimum Gasteiger partial charge on any atom is -0.343 e. The van der Waals surface area contributed by atoms with Gasteiger partial charge in [-0.05, 0) is 64.5 Å². The van der Waals surface area contributed by atoms with E-state index in [1.807, 2.05) is 50.8 Å². The second kappa shape index (κ2) is 8.32. The summed E-state index contributed by atoms with van der Waals surface area (Å²) in [4.78, 5) is 26.9. The highest BCUT2D eigenvalue weighted by Gasteiger charge is 2.31. The van der Waals surface area contributed by atoms with Crippen molar-refractivity contribution in [2.24, 2.45) is 11.8 Å². The van der Waals surface area contributed by atoms with Crippen molar-refractivity contribution >= 4 is 17.5 Å². The molecule has 2 rings (SSSR count). The van der Waals surface area contributed by atoms with Crippen molar-refractivity contribution in [1.29, 1.82) is 0 Å². The largest absolute Gasteiger partial charge is 0.343 e. The molecule has 1 aliphatic rings. The molecule has 0 radical (unpaired) electrons. The molecule has 1 aliphatic carbocycles. The highest BCUT2D eigenvalue weighted by Crippen LogP contribution is 2.31. The molecule has 0 heterocycles. The Hall–Kier alpha value is -1.84. The Labute approximate surface area is 145 Å². The maximum Gasteiger partial charge on any atom is 0.227 e. The van der Waals surface area contributed by atoms with Gasteiger partial charge in [-0.2, -0.15) is 0 Å². The Morgan fingerprint density at radius 2 is 1.50 bits per heavy atom. The number of hydrogen-bond donors (Lipinski definition) is 1. The molecule has 0 atom stereocenters. The highest BCUT2D eigenvalue weighted by molar-refractivity contribution is 5.94. The van der Waals surface area contributed by atoms with Crippen molar-refractivity contribution < 1.29 is 9.59 Å². The first kappa shape index (κ1) is 18.5. The predicted octanol–water partition coefficient (Wildman–Crippen LogP) is 3.92. The average Bonchev–Trinajstić information content (AvgIpc) is 2.59. The molecule has 0 unspecified atom stereocenters. The number of carbonyl (C=O) groups is 2. The van der Waals surface area contributed by atoms with Crippen molar-refractivity contribution in [3.05, 3.63) is 29.3 Å². The topological polar surface area (TPSA) is 49.4 Å². The zero-order valence-corrected chi connectivity index (χ0v) is 15.4. The summed E-state index contributed by atoms with van der Waals surface area (Å²) in [6.07, 6.45) is 3.24. The van der Waals surface area contributed by atoms with E-state index in [1.165, 1.54) is 0 Å². The second-order valence-corrected chi connectivity index (χ2v) is 6.82. The van der Waals surface area contributed by atoms with Gasteiger partial charge in [0.25, 0.3) is 0 Å². The van der Waals surface area contributed by atoms with Gasteiger partial charge in [0.15, 0.2) is 0 Å². The van der Waals surface area contributed by atoms with Crippen LogP contribution in [-0.4, -0.2) is 29.8 Å². The maximum absolute atomic E-state index is 12.6. The van der Waals surface area contributed by atoms with Crippen molar-refractivity contribution in [2.75, 3.05) is 18.4 Å². The number of hydrogen-bond acceptors (Lipinski definition) is 2. The van der Waals surface area contributed by atoms with Gasteiger partial charge in [0.1, 0.15) is 0 Å². The smallest absolute Gasteiger partial charge is 0.227 e. The minimum atomic E-state index is 0.0183. The molecule has 0 spiro atoms. The average molecular weight is 330 g/mol. The van der Waals surface area contributed by atoms with Gasteiger partial charge in [0, 0.05) is 30.6 Å². The van der Waals surface area contributed by atoms with Gasteiger partial charge < -0.3 is 10.2 Å². The van der Waals surface area contributed by atoms with Gasteiger partial charge in [-0.1, -0.05) is 18.2 Å². The fraction of sp³-hybridized carbons (Fsp3) is 0.600. The highest BCUT2D eigenvalue weighted by atomic mass is 16.2. The van der Waals surface area contributed by atoms with Gasteiger partial charge in [-0.25, -0.2) is 0 Å². The molecule has 0 aliphatic heterocycles. The minimum absolute atomic E-state index is 0.0183. The summed E-state index contributed by atoms with van der Waals surface area (Å²) in [5.74, 6) is 0.466. The Balaban J connectivity index is 1.92. The number of rotatable bonds is 5. The number of nitrogens with zero attached hydrogens (tertiary/aromatic N) is 1. The van der Waals surface area contributed by atoms with E-state index in [4.69, 9.17) is 0 Å². The number of amides is 2. The van der Waals surface area contributed by atoms with Gasteiger partial charge in [0.2, 0.25) is 11.8 Å². The number of nitrogens with one attached hydrogen (secondary N) is 1. The van der Waals surface area contributed by atoms with Crippen LogP contribution in [0.25, 0.3) is 0 Å². The van der Waals surface area contributed by atoms with E-state index in [-0.39, 0.29) is 23.7 Å². The SMILES string of the molecule is CCN(CC)C(=O)C1CCC(C(=O)Nc2c(C)cccc2C)CC1. The van der Waals surface area contributed by atoms with Crippen LogP contribution < -0.4 is 5.32 Å². The third kappa shape index (κ3) is 4.16. The molecular weight excluding hydrogens is 300 g/mol. The van der Waals surface area contributed by atoms with Gasteiger partial charge in [-0.15, -0.1) is 0 Å². The van der Waals surface area contributed by atoms with E-state index in [1.54, 1.807) is 0 Å². The Morgan fingerprint density at radius 3 is 2.00 bits per heavy atom. The molecule has 1 saturated carbocycles. The number of para-hydroxylation sites is 1. The molecule has 2 amide bonds. The van der Waals surface area contributed by atoms with Crippen LogP contribution in [0.2, 0.25) is 0 Å². The fourth-order valence-corrected chi connectivity index (χ4v) is 3.63. The normalized spacial score (nSPS) is 20.5. The van der Waals surface area contributed by atoms with E-state index in [0.717, 1.165) is 55.6 Å². The van der Waals surface area contributed by atoms with Crippen LogP contribution in [0.3, 0.4) is 0 Å². The zero-order valence-electron chi connectivity index (χ0n) is 15.4. The molecular formula is C20H30N2O2. The van der Waals surface area contributed by atoms with E-state index in [2.05, 4.69) is 5.32 Å². The van der Waals surface area contributed by atoms with Crippen LogP contribution in [0.15, 0.2) is 18.2 Å². The van der Waals surface area contributed by atoms with Gasteiger partial charge >= 0.3 is 0 Å². The van der Waals surface area contributed by atoms with Crippen molar-refractivity contribution in [1.82, 2.24) is 4.90 Å². The van der Waals surface area contributed by atoms with E-state index in [9.17, 15) is 9.59 Å². The molecule has 1 fully saturated rings. The molecule has 0 aromatic heterocycles. The monoisotopic (exact) mass is 330 g/mol. The molecule has 24 heavy (non-hydrogen) atoms. The fourth-order valence-electron chi connectivity index (χ4n) is 3.63. The van der Waals surface area contributed by atoms with Crippen LogP contribution in [0.4, 0.5) is 5.69 Å². The Morgan fingerprint density at radius 1 is 1.00 bits per heavy atom. The lowest BCUT2D eigenvalue weighted by molar-refractivity contribution is -0.137. The number of benzene rings is 1. The molecule has 1 N–H and O–H groups in total. The summed E-state index contributed by atoms with van der Waals surface area (Å²) in [5.41, 5.74) is 3.12. The van der Waals surface area contributed by atoms with Crippen LogP contribution in [-0.2, 0) is 9.59 Å². The lowest BCUT2D eigenvalue weighted by Gasteiger charge is -2.31. The van der Waals surface area contributed by atoms with E-state index < -0.39 is 0 Å². The quantitative estimate of drug-likeness (QED) is 0.889. The first-order valence-electron chi connectivity index (χ1n) is 9.13. The van der Waals surface area contributed by atoms with Crippen molar-refractivity contribution in [3.63, 3.8) is 0 Å². The first-order valence-corrected chi connectivity index (χ1v) is 9.13. The number of aryl methyl sites for hydroxylation is 2. The molecule has 132 valence electrons. The molecule has 0 bridgehead atoms. The van der Waals surface area contributed by atoms with Gasteiger partial charge in [-0.3, -0.25) is 9.59 Å². The summed E-state index contributed by atoms with van der Waals surface area (Å²) in [7, 11) is 0. The lowest BCUT2D eigenvalue weighted by atomic mass is 9.80. The predicted molar refractivity (Wildman–Crippen MR) is 97.9 cm³/mol. The maximum atomic E-state index is 12.6. The van der Waals surface area contributed by atoms with Crippen LogP contribution in [0.5, 0.6) is 0 Å². The summed E-state index contributed by atoms with van der Waals surface area (Å²) < 4.78 is 0. The Bertz CT molecular complexity index is 565. The molecule has 4 nitrogen and oxygen atoms in total. The third-order valence-corrected chi connectivity index (χ3v) is 5.25. The number of carbonyl (C=O) groups excluding carboxylic acids is 2.